The summed E-state index contributed by atoms with van der Waals surface area (Å²) >= 11 is 0. The molecule has 3 aliphatic rings. The lowest BCUT2D eigenvalue weighted by Crippen LogP contribution is -2.41. The molecular formula is C14H26N2O2S. The third-order valence-electron chi connectivity index (χ3n) is 4.72. The molecule has 2 N–H and O–H groups in total. The van der Waals surface area contributed by atoms with E-state index in [1.165, 1.54) is 38.5 Å². The maximum Gasteiger partial charge on any atom is 0.211 e. The van der Waals surface area contributed by atoms with E-state index in [0.717, 1.165) is 19.4 Å². The fourth-order valence-corrected chi connectivity index (χ4v) is 4.73. The summed E-state index contributed by atoms with van der Waals surface area (Å²) < 4.78 is 27.4. The van der Waals surface area contributed by atoms with Gasteiger partial charge in [-0.2, -0.15) is 0 Å². The standard InChI is InChI=1S/C14H26N2O2S/c17-19(18,10-8-13-3-1-2-9-15-13)16-14(11-4-5-11)12-6-7-12/h11-16H,1-10H2. The Morgan fingerprint density at radius 1 is 1.05 bits per heavy atom. The predicted octanol–water partition coefficient (Wildman–Crippen LogP) is 1.63. The average Bonchev–Trinajstić information content (AvgIpc) is 3.29. The van der Waals surface area contributed by atoms with Gasteiger partial charge in [-0.05, 0) is 63.3 Å². The van der Waals surface area contributed by atoms with Gasteiger partial charge < -0.3 is 5.32 Å². The first-order valence-electron chi connectivity index (χ1n) is 7.87. The molecule has 0 aromatic heterocycles. The van der Waals surface area contributed by atoms with Gasteiger partial charge >= 0.3 is 0 Å². The van der Waals surface area contributed by atoms with Crippen molar-refractivity contribution in [2.24, 2.45) is 11.8 Å². The zero-order valence-electron chi connectivity index (χ0n) is 11.6. The van der Waals surface area contributed by atoms with Crippen LogP contribution in [0, 0.1) is 11.8 Å². The van der Waals surface area contributed by atoms with E-state index in [-0.39, 0.29) is 6.04 Å². The van der Waals surface area contributed by atoms with Crippen LogP contribution in [0.5, 0.6) is 0 Å². The first kappa shape index (κ1) is 13.8. The van der Waals surface area contributed by atoms with Crippen molar-refractivity contribution in [1.82, 2.24) is 10.0 Å². The van der Waals surface area contributed by atoms with Crippen molar-refractivity contribution in [1.29, 1.82) is 0 Å². The van der Waals surface area contributed by atoms with Crippen LogP contribution in [-0.4, -0.2) is 32.8 Å². The van der Waals surface area contributed by atoms with Crippen molar-refractivity contribution in [2.45, 2.75) is 63.5 Å². The zero-order valence-corrected chi connectivity index (χ0v) is 12.4. The van der Waals surface area contributed by atoms with Crippen molar-refractivity contribution in [3.8, 4) is 0 Å². The van der Waals surface area contributed by atoms with Crippen LogP contribution in [0.4, 0.5) is 0 Å². The summed E-state index contributed by atoms with van der Waals surface area (Å²) in [7, 11) is -3.08. The molecule has 0 aromatic rings. The Morgan fingerprint density at radius 3 is 2.26 bits per heavy atom. The Morgan fingerprint density at radius 2 is 1.74 bits per heavy atom. The van der Waals surface area contributed by atoms with Crippen molar-refractivity contribution < 1.29 is 8.42 Å². The number of piperidine rings is 1. The summed E-state index contributed by atoms with van der Waals surface area (Å²) in [6, 6.07) is 0.662. The second kappa shape index (κ2) is 5.70. The second-order valence-corrected chi connectivity index (χ2v) is 8.45. The monoisotopic (exact) mass is 286 g/mol. The minimum Gasteiger partial charge on any atom is -0.314 e. The van der Waals surface area contributed by atoms with E-state index in [2.05, 4.69) is 10.0 Å². The van der Waals surface area contributed by atoms with E-state index in [1.807, 2.05) is 0 Å². The number of rotatable bonds is 7. The van der Waals surface area contributed by atoms with Crippen LogP contribution in [0.1, 0.15) is 51.4 Å². The molecule has 110 valence electrons. The summed E-state index contributed by atoms with van der Waals surface area (Å²) in [5, 5.41) is 3.42. The molecule has 1 saturated heterocycles. The molecule has 0 aromatic carbocycles. The molecule has 19 heavy (non-hydrogen) atoms. The molecule has 2 saturated carbocycles. The van der Waals surface area contributed by atoms with Crippen LogP contribution in [0.25, 0.3) is 0 Å². The van der Waals surface area contributed by atoms with Gasteiger partial charge in [0.15, 0.2) is 0 Å². The number of hydrogen-bond donors (Lipinski definition) is 2. The SMILES string of the molecule is O=S(=O)(CCC1CCCCN1)NC(C1CC1)C1CC1. The number of nitrogens with one attached hydrogen (secondary N) is 2. The molecular weight excluding hydrogens is 260 g/mol. The number of hydrogen-bond acceptors (Lipinski definition) is 3. The normalized spacial score (nSPS) is 28.8. The molecule has 3 fully saturated rings. The molecule has 1 atom stereocenters. The van der Waals surface area contributed by atoms with Crippen molar-refractivity contribution in [3.05, 3.63) is 0 Å². The molecule has 1 aliphatic heterocycles. The van der Waals surface area contributed by atoms with Crippen molar-refractivity contribution in [3.63, 3.8) is 0 Å². The Balaban J connectivity index is 1.47. The Labute approximate surface area is 116 Å². The quantitative estimate of drug-likeness (QED) is 0.748. The lowest BCUT2D eigenvalue weighted by Gasteiger charge is -2.24. The predicted molar refractivity (Wildman–Crippen MR) is 76.4 cm³/mol. The van der Waals surface area contributed by atoms with E-state index in [4.69, 9.17) is 0 Å². The summed E-state index contributed by atoms with van der Waals surface area (Å²) in [4.78, 5) is 0. The molecule has 1 heterocycles. The second-order valence-electron chi connectivity index (χ2n) is 6.57. The first-order chi connectivity index (χ1) is 9.14. The lowest BCUT2D eigenvalue weighted by atomic mass is 10.0. The van der Waals surface area contributed by atoms with Gasteiger partial charge in [0.1, 0.15) is 0 Å². The van der Waals surface area contributed by atoms with E-state index in [9.17, 15) is 8.42 Å². The first-order valence-corrected chi connectivity index (χ1v) is 9.53. The summed E-state index contributed by atoms with van der Waals surface area (Å²) in [5.41, 5.74) is 0. The summed E-state index contributed by atoms with van der Waals surface area (Å²) in [6.45, 7) is 1.05. The Hall–Kier alpha value is -0.130. The topological polar surface area (TPSA) is 58.2 Å². The number of sulfonamides is 1. The van der Waals surface area contributed by atoms with E-state index in [0.29, 0.717) is 23.6 Å². The highest BCUT2D eigenvalue weighted by Crippen LogP contribution is 2.44. The van der Waals surface area contributed by atoms with Gasteiger partial charge in [0, 0.05) is 12.1 Å². The lowest BCUT2D eigenvalue weighted by molar-refractivity contribution is 0.391. The molecule has 5 heteroatoms. The van der Waals surface area contributed by atoms with E-state index < -0.39 is 10.0 Å². The third kappa shape index (κ3) is 4.17. The molecule has 0 bridgehead atoms. The molecule has 1 unspecified atom stereocenters. The smallest absolute Gasteiger partial charge is 0.211 e. The van der Waals surface area contributed by atoms with Crippen LogP contribution < -0.4 is 10.0 Å². The molecule has 0 spiro atoms. The van der Waals surface area contributed by atoms with E-state index >= 15 is 0 Å². The van der Waals surface area contributed by atoms with Gasteiger partial charge in [0.2, 0.25) is 10.0 Å². The largest absolute Gasteiger partial charge is 0.314 e. The fraction of sp³-hybridized carbons (Fsp3) is 1.00. The van der Waals surface area contributed by atoms with Crippen molar-refractivity contribution >= 4 is 10.0 Å². The minimum absolute atomic E-state index is 0.254. The van der Waals surface area contributed by atoms with Crippen LogP contribution in [0.15, 0.2) is 0 Å². The highest BCUT2D eigenvalue weighted by Gasteiger charge is 2.43. The van der Waals surface area contributed by atoms with E-state index in [1.54, 1.807) is 0 Å². The summed E-state index contributed by atoms with van der Waals surface area (Å²) in [6.07, 6.45) is 9.22. The minimum atomic E-state index is -3.08. The van der Waals surface area contributed by atoms with Gasteiger partial charge in [-0.15, -0.1) is 0 Å². The van der Waals surface area contributed by atoms with Gasteiger partial charge in [-0.3, -0.25) is 0 Å². The van der Waals surface area contributed by atoms with Gasteiger partial charge in [-0.25, -0.2) is 13.1 Å². The zero-order chi connectivity index (χ0) is 13.3. The van der Waals surface area contributed by atoms with Crippen molar-refractivity contribution in [2.75, 3.05) is 12.3 Å². The third-order valence-corrected chi connectivity index (χ3v) is 6.13. The van der Waals surface area contributed by atoms with Gasteiger partial charge in [0.05, 0.1) is 5.75 Å². The Bertz CT molecular complexity index is 384. The van der Waals surface area contributed by atoms with Gasteiger partial charge in [0.25, 0.3) is 0 Å². The molecule has 2 aliphatic carbocycles. The van der Waals surface area contributed by atoms with Gasteiger partial charge in [-0.1, -0.05) is 6.42 Å². The van der Waals surface area contributed by atoms with Crippen LogP contribution in [0.3, 0.4) is 0 Å². The molecule has 0 radical (unpaired) electrons. The average molecular weight is 286 g/mol. The fourth-order valence-electron chi connectivity index (χ4n) is 3.22. The molecule has 0 amide bonds. The van der Waals surface area contributed by atoms with Crippen LogP contribution in [-0.2, 0) is 10.0 Å². The van der Waals surface area contributed by atoms with Crippen LogP contribution >= 0.6 is 0 Å². The maximum absolute atomic E-state index is 12.2. The van der Waals surface area contributed by atoms with Crippen LogP contribution in [0.2, 0.25) is 0 Å². The maximum atomic E-state index is 12.2. The Kier molecular flexibility index (Phi) is 4.15. The summed E-state index contributed by atoms with van der Waals surface area (Å²) in [5.74, 6) is 1.56. The highest BCUT2D eigenvalue weighted by atomic mass is 32.2. The molecule has 4 nitrogen and oxygen atoms in total. The molecule has 3 rings (SSSR count). The highest BCUT2D eigenvalue weighted by molar-refractivity contribution is 7.89.